The van der Waals surface area contributed by atoms with E-state index in [1.54, 1.807) is 35.0 Å². The zero-order valence-corrected chi connectivity index (χ0v) is 23.6. The second-order valence-corrected chi connectivity index (χ2v) is 10.2. The molecule has 4 heterocycles. The van der Waals surface area contributed by atoms with Gasteiger partial charge in [0.2, 0.25) is 5.95 Å². The summed E-state index contributed by atoms with van der Waals surface area (Å²) >= 11 is 0. The first kappa shape index (κ1) is 29.1. The minimum atomic E-state index is -4.78. The topological polar surface area (TPSA) is 106 Å². The van der Waals surface area contributed by atoms with Crippen LogP contribution in [0.5, 0.6) is 5.75 Å². The van der Waals surface area contributed by atoms with Crippen molar-refractivity contribution in [1.29, 1.82) is 0 Å². The SMILES string of the molecule is Cc1ccc(CN2CCOCC2)cc1NC(=O)c1ccc(Nc2nc(-c3ccc(OC(F)(F)F)cc3)c3cccn3n2)nc1. The summed E-state index contributed by atoms with van der Waals surface area (Å²) in [7, 11) is 0. The molecule has 1 amide bonds. The van der Waals surface area contributed by atoms with Crippen LogP contribution in [0.2, 0.25) is 0 Å². The van der Waals surface area contributed by atoms with Crippen LogP contribution < -0.4 is 15.4 Å². The van der Waals surface area contributed by atoms with Gasteiger partial charge in [0.15, 0.2) is 0 Å². The lowest BCUT2D eigenvalue weighted by atomic mass is 10.1. The Morgan fingerprint density at radius 1 is 1.05 bits per heavy atom. The number of hydrogen-bond acceptors (Lipinski definition) is 8. The number of ether oxygens (including phenoxy) is 2. The fourth-order valence-electron chi connectivity index (χ4n) is 4.85. The third-order valence-electron chi connectivity index (χ3n) is 7.08. The number of benzene rings is 2. The van der Waals surface area contributed by atoms with Gasteiger partial charge in [0.25, 0.3) is 5.91 Å². The van der Waals surface area contributed by atoms with Crippen molar-refractivity contribution in [2.75, 3.05) is 36.9 Å². The maximum Gasteiger partial charge on any atom is 0.573 e. The molecule has 0 radical (unpaired) electrons. The number of pyridine rings is 1. The Morgan fingerprint density at radius 2 is 1.84 bits per heavy atom. The van der Waals surface area contributed by atoms with Crippen molar-refractivity contribution in [3.05, 3.63) is 95.8 Å². The molecule has 0 spiro atoms. The molecule has 44 heavy (non-hydrogen) atoms. The van der Waals surface area contributed by atoms with E-state index in [1.165, 1.54) is 30.5 Å². The predicted octanol–water partition coefficient (Wildman–Crippen LogP) is 5.83. The van der Waals surface area contributed by atoms with Gasteiger partial charge >= 0.3 is 6.36 Å². The Balaban J connectivity index is 1.15. The van der Waals surface area contributed by atoms with Crippen molar-refractivity contribution < 1.29 is 27.4 Å². The highest BCUT2D eigenvalue weighted by Gasteiger charge is 2.31. The summed E-state index contributed by atoms with van der Waals surface area (Å²) in [6.45, 7) is 5.92. The molecule has 1 aliphatic rings. The van der Waals surface area contributed by atoms with Crippen molar-refractivity contribution in [2.45, 2.75) is 19.8 Å². The van der Waals surface area contributed by atoms with Crippen LogP contribution in [0.1, 0.15) is 21.5 Å². The summed E-state index contributed by atoms with van der Waals surface area (Å²) in [4.78, 5) is 24.3. The van der Waals surface area contributed by atoms with Gasteiger partial charge < -0.3 is 20.1 Å². The summed E-state index contributed by atoms with van der Waals surface area (Å²) in [5.41, 5.74) is 4.89. The number of amides is 1. The molecule has 2 aromatic carbocycles. The van der Waals surface area contributed by atoms with Crippen LogP contribution in [0, 0.1) is 6.92 Å². The average molecular weight is 604 g/mol. The second-order valence-electron chi connectivity index (χ2n) is 10.2. The van der Waals surface area contributed by atoms with E-state index in [2.05, 4.69) is 41.4 Å². The van der Waals surface area contributed by atoms with Gasteiger partial charge in [-0.25, -0.2) is 14.5 Å². The van der Waals surface area contributed by atoms with Gasteiger partial charge in [-0.05, 0) is 72.6 Å². The van der Waals surface area contributed by atoms with Crippen LogP contribution >= 0.6 is 0 Å². The van der Waals surface area contributed by atoms with E-state index in [1.807, 2.05) is 19.1 Å². The zero-order chi connectivity index (χ0) is 30.7. The number of halogens is 3. The van der Waals surface area contributed by atoms with Crippen LogP contribution in [0.3, 0.4) is 0 Å². The molecule has 13 heteroatoms. The summed E-state index contributed by atoms with van der Waals surface area (Å²) in [5.74, 6) is -0.0153. The smallest absolute Gasteiger partial charge is 0.406 e. The van der Waals surface area contributed by atoms with E-state index in [0.29, 0.717) is 28.2 Å². The normalized spacial score (nSPS) is 14.0. The van der Waals surface area contributed by atoms with Crippen LogP contribution in [0.4, 0.5) is 30.6 Å². The molecule has 1 aliphatic heterocycles. The van der Waals surface area contributed by atoms with Crippen molar-refractivity contribution in [2.24, 2.45) is 0 Å². The van der Waals surface area contributed by atoms with E-state index >= 15 is 0 Å². The van der Waals surface area contributed by atoms with Crippen LogP contribution in [0.15, 0.2) is 79.1 Å². The number of hydrogen-bond donors (Lipinski definition) is 2. The predicted molar refractivity (Wildman–Crippen MR) is 158 cm³/mol. The molecule has 0 unspecified atom stereocenters. The number of nitrogens with zero attached hydrogens (tertiary/aromatic N) is 5. The molecule has 0 saturated carbocycles. The first-order valence-electron chi connectivity index (χ1n) is 13.9. The van der Waals surface area contributed by atoms with Crippen LogP contribution in [0.25, 0.3) is 16.8 Å². The van der Waals surface area contributed by atoms with E-state index in [4.69, 9.17) is 4.74 Å². The van der Waals surface area contributed by atoms with Crippen LogP contribution in [-0.2, 0) is 11.3 Å². The number of morpholine rings is 1. The molecule has 10 nitrogen and oxygen atoms in total. The highest BCUT2D eigenvalue weighted by Crippen LogP contribution is 2.29. The Morgan fingerprint density at radius 3 is 2.57 bits per heavy atom. The fraction of sp³-hybridized carbons (Fsp3) is 0.226. The van der Waals surface area contributed by atoms with Gasteiger partial charge in [-0.1, -0.05) is 12.1 Å². The zero-order valence-electron chi connectivity index (χ0n) is 23.6. The quantitative estimate of drug-likeness (QED) is 0.228. The van der Waals surface area contributed by atoms with Gasteiger partial charge in [-0.2, -0.15) is 0 Å². The first-order valence-corrected chi connectivity index (χ1v) is 13.9. The van der Waals surface area contributed by atoms with Crippen molar-refractivity contribution >= 4 is 28.9 Å². The van der Waals surface area contributed by atoms with Gasteiger partial charge in [0.05, 0.1) is 24.3 Å². The third-order valence-corrected chi connectivity index (χ3v) is 7.08. The Hall–Kier alpha value is -5.01. The lowest BCUT2D eigenvalue weighted by molar-refractivity contribution is -0.274. The molecule has 6 rings (SSSR count). The number of rotatable bonds is 8. The highest BCUT2D eigenvalue weighted by molar-refractivity contribution is 6.04. The standard InChI is InChI=1S/C31H28F3N7O3/c1-20-4-5-21(19-40-13-15-43-16-14-40)17-25(20)36-29(42)23-8-11-27(35-18-23)37-30-38-28(26-3-2-12-41(26)39-30)22-6-9-24(10-7-22)44-31(32,33)34/h2-12,17-18H,13-16,19H2,1H3,(H,36,42)(H,35,37,39). The molecule has 0 atom stereocenters. The van der Waals surface area contributed by atoms with E-state index in [0.717, 1.165) is 49.7 Å². The summed E-state index contributed by atoms with van der Waals surface area (Å²) < 4.78 is 48.7. The second kappa shape index (κ2) is 12.3. The molecule has 2 N–H and O–H groups in total. The van der Waals surface area contributed by atoms with E-state index in [-0.39, 0.29) is 17.6 Å². The number of anilines is 3. The molecule has 0 aliphatic carbocycles. The fourth-order valence-corrected chi connectivity index (χ4v) is 4.85. The monoisotopic (exact) mass is 603 g/mol. The lowest BCUT2D eigenvalue weighted by Gasteiger charge is -2.26. The first-order chi connectivity index (χ1) is 21.2. The number of fused-ring (bicyclic) bond motifs is 1. The molecule has 226 valence electrons. The number of carbonyl (C=O) groups is 1. The van der Waals surface area contributed by atoms with E-state index < -0.39 is 6.36 Å². The number of alkyl halides is 3. The summed E-state index contributed by atoms with van der Waals surface area (Å²) in [5, 5.41) is 10.5. The Kier molecular flexibility index (Phi) is 8.13. The van der Waals surface area contributed by atoms with Crippen molar-refractivity contribution in [1.82, 2.24) is 24.5 Å². The van der Waals surface area contributed by atoms with Crippen molar-refractivity contribution in [3.8, 4) is 17.0 Å². The average Bonchev–Trinajstić information content (AvgIpc) is 3.48. The molecular weight excluding hydrogens is 575 g/mol. The van der Waals surface area contributed by atoms with Gasteiger partial charge in [0.1, 0.15) is 17.3 Å². The third kappa shape index (κ3) is 6.96. The van der Waals surface area contributed by atoms with Gasteiger partial charge in [-0.3, -0.25) is 9.69 Å². The number of carbonyl (C=O) groups excluding carboxylic acids is 1. The largest absolute Gasteiger partial charge is 0.573 e. The summed E-state index contributed by atoms with van der Waals surface area (Å²) in [6.07, 6.45) is -1.59. The maximum absolute atomic E-state index is 13.1. The molecule has 1 fully saturated rings. The minimum absolute atomic E-state index is 0.205. The highest BCUT2D eigenvalue weighted by atomic mass is 19.4. The molecule has 1 saturated heterocycles. The summed E-state index contributed by atoms with van der Waals surface area (Å²) in [6, 6.07) is 18.4. The van der Waals surface area contributed by atoms with Gasteiger partial charge in [-0.15, -0.1) is 18.3 Å². The molecular formula is C31H28F3N7O3. The molecule has 0 bridgehead atoms. The Bertz CT molecular complexity index is 1770. The molecule has 3 aromatic heterocycles. The number of aryl methyl sites for hydroxylation is 1. The number of nitrogens with one attached hydrogen (secondary N) is 2. The van der Waals surface area contributed by atoms with Crippen LogP contribution in [-0.4, -0.2) is 63.1 Å². The maximum atomic E-state index is 13.1. The number of aromatic nitrogens is 4. The van der Waals surface area contributed by atoms with Crippen molar-refractivity contribution in [3.63, 3.8) is 0 Å². The Labute approximate surface area is 250 Å². The molecule has 5 aromatic rings. The lowest BCUT2D eigenvalue weighted by Crippen LogP contribution is -2.35. The van der Waals surface area contributed by atoms with E-state index in [9.17, 15) is 18.0 Å². The van der Waals surface area contributed by atoms with Gasteiger partial charge in [0, 0.05) is 43.3 Å². The minimum Gasteiger partial charge on any atom is -0.406 e.